The van der Waals surface area contributed by atoms with Gasteiger partial charge in [-0.3, -0.25) is 4.79 Å². The van der Waals surface area contributed by atoms with Crippen molar-refractivity contribution in [2.24, 2.45) is 0 Å². The Hall–Kier alpha value is -1.42. The van der Waals surface area contributed by atoms with Crippen LogP contribution in [-0.2, 0) is 4.79 Å². The molecule has 17 heavy (non-hydrogen) atoms. The van der Waals surface area contributed by atoms with Crippen LogP contribution in [0.25, 0.3) is 0 Å². The molecule has 0 bridgehead atoms. The molecule has 0 unspecified atom stereocenters. The third kappa shape index (κ3) is 3.82. The third-order valence-electron chi connectivity index (χ3n) is 2.96. The molecule has 1 heterocycles. The van der Waals surface area contributed by atoms with Crippen LogP contribution >= 0.6 is 0 Å². The number of nitrogens with zero attached hydrogens (tertiary/aromatic N) is 1. The van der Waals surface area contributed by atoms with Crippen LogP contribution in [-0.4, -0.2) is 30.4 Å². The summed E-state index contributed by atoms with van der Waals surface area (Å²) in [5.41, 5.74) is 0.524. The van der Waals surface area contributed by atoms with E-state index >= 15 is 0 Å². The number of halogens is 1. The molecule has 1 fully saturated rings. The van der Waals surface area contributed by atoms with E-state index in [0.717, 1.165) is 19.6 Å². The predicted octanol–water partition coefficient (Wildman–Crippen LogP) is 2.25. The van der Waals surface area contributed by atoms with E-state index in [1.807, 2.05) is 0 Å². The molecular weight excluding hydrogens is 219 g/mol. The van der Waals surface area contributed by atoms with E-state index in [1.54, 1.807) is 12.1 Å². The lowest BCUT2D eigenvalue weighted by Crippen LogP contribution is -2.25. The Morgan fingerprint density at radius 1 is 1.35 bits per heavy atom. The van der Waals surface area contributed by atoms with Gasteiger partial charge in [-0.1, -0.05) is 6.07 Å². The van der Waals surface area contributed by atoms with E-state index in [-0.39, 0.29) is 11.7 Å². The summed E-state index contributed by atoms with van der Waals surface area (Å²) in [7, 11) is 0. The van der Waals surface area contributed by atoms with Gasteiger partial charge in [0, 0.05) is 18.7 Å². The lowest BCUT2D eigenvalue weighted by atomic mass is 10.3. The number of likely N-dealkylation sites (tertiary alicyclic amines) is 1. The first-order valence-electron chi connectivity index (χ1n) is 6.02. The van der Waals surface area contributed by atoms with Crippen molar-refractivity contribution < 1.29 is 9.18 Å². The summed E-state index contributed by atoms with van der Waals surface area (Å²) in [4.78, 5) is 13.9. The zero-order valence-electron chi connectivity index (χ0n) is 9.79. The number of amides is 1. The molecule has 1 amide bonds. The number of carbonyl (C=O) groups excluding carboxylic acids is 1. The van der Waals surface area contributed by atoms with Gasteiger partial charge in [0.15, 0.2) is 0 Å². The molecule has 0 atom stereocenters. The molecule has 1 saturated heterocycles. The fourth-order valence-electron chi connectivity index (χ4n) is 2.06. The molecule has 1 aromatic carbocycles. The number of hydrogen-bond donors (Lipinski definition) is 1. The highest BCUT2D eigenvalue weighted by atomic mass is 19.1. The van der Waals surface area contributed by atoms with Crippen molar-refractivity contribution in [2.45, 2.75) is 19.3 Å². The average Bonchev–Trinajstić information content (AvgIpc) is 2.79. The number of hydrogen-bond acceptors (Lipinski definition) is 2. The summed E-state index contributed by atoms with van der Waals surface area (Å²) in [5.74, 6) is -0.384. The molecule has 3 nitrogen and oxygen atoms in total. The van der Waals surface area contributed by atoms with E-state index in [4.69, 9.17) is 0 Å². The van der Waals surface area contributed by atoms with Gasteiger partial charge in [0.2, 0.25) is 5.91 Å². The smallest absolute Gasteiger partial charge is 0.225 e. The number of carbonyl (C=O) groups is 1. The van der Waals surface area contributed by atoms with Gasteiger partial charge in [0.1, 0.15) is 5.82 Å². The average molecular weight is 236 g/mol. The van der Waals surface area contributed by atoms with Crippen molar-refractivity contribution in [1.82, 2.24) is 4.90 Å². The molecule has 1 N–H and O–H groups in total. The van der Waals surface area contributed by atoms with Crippen LogP contribution in [0.2, 0.25) is 0 Å². The van der Waals surface area contributed by atoms with Gasteiger partial charge in [0.05, 0.1) is 0 Å². The van der Waals surface area contributed by atoms with Gasteiger partial charge in [-0.25, -0.2) is 4.39 Å². The quantitative estimate of drug-likeness (QED) is 0.869. The van der Waals surface area contributed by atoms with Crippen molar-refractivity contribution in [3.63, 3.8) is 0 Å². The van der Waals surface area contributed by atoms with Gasteiger partial charge in [-0.15, -0.1) is 0 Å². The van der Waals surface area contributed by atoms with Crippen LogP contribution < -0.4 is 5.32 Å². The minimum absolute atomic E-state index is 0.0532. The molecule has 1 aromatic rings. The topological polar surface area (TPSA) is 32.3 Å². The van der Waals surface area contributed by atoms with Gasteiger partial charge in [0.25, 0.3) is 0 Å². The second kappa shape index (κ2) is 5.77. The molecule has 0 radical (unpaired) electrons. The first-order chi connectivity index (χ1) is 8.24. The van der Waals surface area contributed by atoms with Crippen molar-refractivity contribution in [3.05, 3.63) is 30.1 Å². The first-order valence-corrected chi connectivity index (χ1v) is 6.02. The van der Waals surface area contributed by atoms with Crippen LogP contribution in [0.3, 0.4) is 0 Å². The van der Waals surface area contributed by atoms with E-state index in [9.17, 15) is 9.18 Å². The SMILES string of the molecule is O=C(CCN1CCCC1)Nc1cccc(F)c1. The van der Waals surface area contributed by atoms with Crippen LogP contribution in [0, 0.1) is 5.82 Å². The standard InChI is InChI=1S/C13H17FN2O/c14-11-4-3-5-12(10-11)15-13(17)6-9-16-7-1-2-8-16/h3-5,10H,1-2,6-9H2,(H,15,17). The summed E-state index contributed by atoms with van der Waals surface area (Å²) in [6.45, 7) is 2.97. The Balaban J connectivity index is 1.76. The Bertz CT molecular complexity index is 389. The largest absolute Gasteiger partial charge is 0.326 e. The van der Waals surface area contributed by atoms with E-state index in [2.05, 4.69) is 10.2 Å². The summed E-state index contributed by atoms with van der Waals surface area (Å²) in [6.07, 6.45) is 2.92. The summed E-state index contributed by atoms with van der Waals surface area (Å²) in [6, 6.07) is 5.97. The van der Waals surface area contributed by atoms with E-state index in [1.165, 1.54) is 25.0 Å². The maximum Gasteiger partial charge on any atom is 0.225 e. The van der Waals surface area contributed by atoms with Gasteiger partial charge < -0.3 is 10.2 Å². The maximum absolute atomic E-state index is 12.9. The predicted molar refractivity (Wildman–Crippen MR) is 65.3 cm³/mol. The number of anilines is 1. The number of nitrogens with one attached hydrogen (secondary N) is 1. The van der Waals surface area contributed by atoms with E-state index < -0.39 is 0 Å². The Morgan fingerprint density at radius 2 is 2.12 bits per heavy atom. The molecule has 1 aliphatic rings. The Morgan fingerprint density at radius 3 is 2.82 bits per heavy atom. The zero-order chi connectivity index (χ0) is 12.1. The summed E-state index contributed by atoms with van der Waals surface area (Å²) >= 11 is 0. The van der Waals surface area contributed by atoms with Gasteiger partial charge in [-0.05, 0) is 44.1 Å². The molecule has 92 valence electrons. The summed E-state index contributed by atoms with van der Waals surface area (Å²) in [5, 5.41) is 2.70. The molecular formula is C13H17FN2O. The minimum Gasteiger partial charge on any atom is -0.326 e. The minimum atomic E-state index is -0.331. The van der Waals surface area contributed by atoms with Crippen molar-refractivity contribution >= 4 is 11.6 Å². The molecule has 1 aliphatic heterocycles. The normalized spacial score (nSPS) is 16.1. The highest BCUT2D eigenvalue weighted by Crippen LogP contribution is 2.11. The van der Waals surface area contributed by atoms with Gasteiger partial charge >= 0.3 is 0 Å². The fraction of sp³-hybridized carbons (Fsp3) is 0.462. The van der Waals surface area contributed by atoms with E-state index in [0.29, 0.717) is 12.1 Å². The highest BCUT2D eigenvalue weighted by molar-refractivity contribution is 5.90. The van der Waals surface area contributed by atoms with Crippen molar-refractivity contribution in [2.75, 3.05) is 25.0 Å². The second-order valence-corrected chi connectivity index (χ2v) is 4.36. The Labute approximate surface area is 101 Å². The maximum atomic E-state index is 12.9. The van der Waals surface area contributed by atoms with Crippen LogP contribution in [0.1, 0.15) is 19.3 Å². The third-order valence-corrected chi connectivity index (χ3v) is 2.96. The molecule has 0 aliphatic carbocycles. The second-order valence-electron chi connectivity index (χ2n) is 4.36. The van der Waals surface area contributed by atoms with Gasteiger partial charge in [-0.2, -0.15) is 0 Å². The van der Waals surface area contributed by atoms with Crippen molar-refractivity contribution in [1.29, 1.82) is 0 Å². The fourth-order valence-corrected chi connectivity index (χ4v) is 2.06. The molecule has 4 heteroatoms. The van der Waals surface area contributed by atoms with Crippen LogP contribution in [0.15, 0.2) is 24.3 Å². The Kier molecular flexibility index (Phi) is 4.09. The van der Waals surface area contributed by atoms with Crippen LogP contribution in [0.5, 0.6) is 0 Å². The molecule has 0 spiro atoms. The summed E-state index contributed by atoms with van der Waals surface area (Å²) < 4.78 is 12.9. The van der Waals surface area contributed by atoms with Crippen LogP contribution in [0.4, 0.5) is 10.1 Å². The number of rotatable bonds is 4. The zero-order valence-corrected chi connectivity index (χ0v) is 9.79. The highest BCUT2D eigenvalue weighted by Gasteiger charge is 2.12. The monoisotopic (exact) mass is 236 g/mol. The molecule has 0 saturated carbocycles. The van der Waals surface area contributed by atoms with Crippen molar-refractivity contribution in [3.8, 4) is 0 Å². The molecule has 2 rings (SSSR count). The lowest BCUT2D eigenvalue weighted by Gasteiger charge is -2.13. The molecule has 0 aromatic heterocycles. The lowest BCUT2D eigenvalue weighted by molar-refractivity contribution is -0.116. The number of benzene rings is 1. The first kappa shape index (κ1) is 12.0.